The van der Waals surface area contributed by atoms with Gasteiger partial charge in [-0.1, -0.05) is 13.0 Å². The summed E-state index contributed by atoms with van der Waals surface area (Å²) in [4.78, 5) is 18.9. The molecule has 2 fully saturated rings. The number of hydrogen-bond acceptors (Lipinski definition) is 5. The SMILES string of the molecule is COc1c([C@H]2[C@H](C(=O)Nc3ccnc(CN4CCC(F)(F)C4)c3)O[C@@](C)(C(F)(F)F)[C@H]2C)ccc(F)c1F. The third-order valence-electron chi connectivity index (χ3n) is 7.29. The number of rotatable bonds is 6. The van der Waals surface area contributed by atoms with E-state index < -0.39 is 65.5 Å². The summed E-state index contributed by atoms with van der Waals surface area (Å²) in [5, 5.41) is 2.49. The lowest BCUT2D eigenvalue weighted by Gasteiger charge is -2.32. The zero-order valence-corrected chi connectivity index (χ0v) is 20.7. The van der Waals surface area contributed by atoms with Crippen LogP contribution in [0.3, 0.4) is 0 Å². The maximum Gasteiger partial charge on any atom is 0.417 e. The molecule has 208 valence electrons. The largest absolute Gasteiger partial charge is 0.493 e. The average molecular weight is 549 g/mol. The van der Waals surface area contributed by atoms with Gasteiger partial charge in [-0.3, -0.25) is 14.7 Å². The van der Waals surface area contributed by atoms with E-state index in [0.717, 1.165) is 26.2 Å². The first-order valence-electron chi connectivity index (χ1n) is 11.8. The Bertz CT molecular complexity index is 1210. The molecule has 1 aromatic carbocycles. The van der Waals surface area contributed by atoms with Crippen LogP contribution in [0.25, 0.3) is 0 Å². The number of hydrogen-bond donors (Lipinski definition) is 1. The highest BCUT2D eigenvalue weighted by Gasteiger charge is 2.66. The minimum Gasteiger partial charge on any atom is -0.493 e. The first-order valence-corrected chi connectivity index (χ1v) is 11.8. The summed E-state index contributed by atoms with van der Waals surface area (Å²) in [6.07, 6.45) is -5.61. The Morgan fingerprint density at radius 1 is 1.26 bits per heavy atom. The van der Waals surface area contributed by atoms with Crippen LogP contribution in [0.1, 0.15) is 37.4 Å². The van der Waals surface area contributed by atoms with E-state index in [1.165, 1.54) is 30.2 Å². The molecule has 2 aliphatic heterocycles. The number of anilines is 1. The van der Waals surface area contributed by atoms with Crippen LogP contribution in [0.2, 0.25) is 0 Å². The molecule has 4 atom stereocenters. The number of nitrogens with one attached hydrogen (secondary N) is 1. The molecule has 1 aromatic heterocycles. The van der Waals surface area contributed by atoms with Gasteiger partial charge in [0.25, 0.3) is 11.8 Å². The molecule has 13 heteroatoms. The number of pyridine rings is 1. The predicted molar refractivity (Wildman–Crippen MR) is 122 cm³/mol. The third-order valence-corrected chi connectivity index (χ3v) is 7.29. The van der Waals surface area contributed by atoms with Gasteiger partial charge in [0.2, 0.25) is 5.82 Å². The van der Waals surface area contributed by atoms with Gasteiger partial charge in [-0.25, -0.2) is 13.2 Å². The smallest absolute Gasteiger partial charge is 0.417 e. The first-order chi connectivity index (χ1) is 17.7. The van der Waals surface area contributed by atoms with Gasteiger partial charge in [0, 0.05) is 48.8 Å². The van der Waals surface area contributed by atoms with Crippen LogP contribution in [0.5, 0.6) is 5.75 Å². The van der Waals surface area contributed by atoms with E-state index in [-0.39, 0.29) is 30.8 Å². The molecular formula is C25H26F7N3O3. The molecule has 0 radical (unpaired) electrons. The molecule has 38 heavy (non-hydrogen) atoms. The normalized spacial score (nSPS) is 27.5. The summed E-state index contributed by atoms with van der Waals surface area (Å²) in [5.74, 6) is -9.82. The zero-order chi connectivity index (χ0) is 28.0. The van der Waals surface area contributed by atoms with Gasteiger partial charge in [-0.2, -0.15) is 17.6 Å². The number of methoxy groups -OCH3 is 1. The topological polar surface area (TPSA) is 63.7 Å². The maximum atomic E-state index is 14.5. The third kappa shape index (κ3) is 5.18. The van der Waals surface area contributed by atoms with Crippen molar-refractivity contribution in [3.63, 3.8) is 0 Å². The zero-order valence-electron chi connectivity index (χ0n) is 20.7. The van der Waals surface area contributed by atoms with Crippen LogP contribution in [0.4, 0.5) is 36.4 Å². The molecule has 1 N–H and O–H groups in total. The Morgan fingerprint density at radius 2 is 1.97 bits per heavy atom. The Morgan fingerprint density at radius 3 is 2.58 bits per heavy atom. The summed E-state index contributed by atoms with van der Waals surface area (Å²) in [6.45, 7) is 1.81. The number of carbonyl (C=O) groups is 1. The molecule has 2 saturated heterocycles. The fraction of sp³-hybridized carbons (Fsp3) is 0.520. The quantitative estimate of drug-likeness (QED) is 0.497. The molecule has 0 saturated carbocycles. The minimum atomic E-state index is -4.90. The van der Waals surface area contributed by atoms with Crippen molar-refractivity contribution in [2.75, 3.05) is 25.5 Å². The minimum absolute atomic E-state index is 0.0804. The van der Waals surface area contributed by atoms with Crippen LogP contribution >= 0.6 is 0 Å². The monoisotopic (exact) mass is 549 g/mol. The lowest BCUT2D eigenvalue weighted by Crippen LogP contribution is -2.47. The Balaban J connectivity index is 1.63. The van der Waals surface area contributed by atoms with Gasteiger partial charge in [-0.15, -0.1) is 0 Å². The summed E-state index contributed by atoms with van der Waals surface area (Å²) in [5.41, 5.74) is -2.43. The highest BCUT2D eigenvalue weighted by atomic mass is 19.4. The van der Waals surface area contributed by atoms with Gasteiger partial charge in [-0.05, 0) is 25.1 Å². The molecule has 2 aromatic rings. The van der Waals surface area contributed by atoms with Crippen molar-refractivity contribution in [2.24, 2.45) is 5.92 Å². The highest BCUT2D eigenvalue weighted by Crippen LogP contribution is 2.55. The van der Waals surface area contributed by atoms with Gasteiger partial charge < -0.3 is 14.8 Å². The Labute approximate surface area is 214 Å². The van der Waals surface area contributed by atoms with E-state index in [0.29, 0.717) is 5.69 Å². The van der Waals surface area contributed by atoms with Gasteiger partial charge in [0.1, 0.15) is 6.10 Å². The number of halogens is 7. The molecular weight excluding hydrogens is 523 g/mol. The lowest BCUT2D eigenvalue weighted by atomic mass is 9.77. The van der Waals surface area contributed by atoms with Gasteiger partial charge >= 0.3 is 6.18 Å². The number of benzene rings is 1. The summed E-state index contributed by atoms with van der Waals surface area (Å²) >= 11 is 0. The van der Waals surface area contributed by atoms with E-state index >= 15 is 0 Å². The Hall–Kier alpha value is -2.93. The lowest BCUT2D eigenvalue weighted by molar-refractivity contribution is -0.272. The molecule has 3 heterocycles. The van der Waals surface area contributed by atoms with Crippen molar-refractivity contribution in [2.45, 2.75) is 56.5 Å². The number of alkyl halides is 5. The number of aromatic nitrogens is 1. The van der Waals surface area contributed by atoms with E-state index in [4.69, 9.17) is 9.47 Å². The molecule has 0 aliphatic carbocycles. The van der Waals surface area contributed by atoms with E-state index in [9.17, 15) is 35.5 Å². The Kier molecular flexibility index (Phi) is 7.38. The van der Waals surface area contributed by atoms with Crippen molar-refractivity contribution in [3.8, 4) is 5.75 Å². The van der Waals surface area contributed by atoms with Crippen molar-refractivity contribution < 1.29 is 45.0 Å². The summed E-state index contributed by atoms with van der Waals surface area (Å²) < 4.78 is 108. The second-order valence-electron chi connectivity index (χ2n) is 9.78. The summed E-state index contributed by atoms with van der Waals surface area (Å²) in [6, 6.07) is 4.62. The van der Waals surface area contributed by atoms with Crippen molar-refractivity contribution >= 4 is 11.6 Å². The number of ether oxygens (including phenoxy) is 2. The fourth-order valence-corrected chi connectivity index (χ4v) is 5.07. The van der Waals surface area contributed by atoms with Crippen molar-refractivity contribution in [3.05, 3.63) is 53.4 Å². The summed E-state index contributed by atoms with van der Waals surface area (Å²) in [7, 11) is 1.04. The molecule has 1 amide bonds. The van der Waals surface area contributed by atoms with Crippen LogP contribution in [0.15, 0.2) is 30.5 Å². The second-order valence-corrected chi connectivity index (χ2v) is 9.78. The van der Waals surface area contributed by atoms with Crippen LogP contribution in [-0.4, -0.2) is 59.8 Å². The maximum absolute atomic E-state index is 14.5. The van der Waals surface area contributed by atoms with E-state index in [1.807, 2.05) is 0 Å². The molecule has 6 nitrogen and oxygen atoms in total. The van der Waals surface area contributed by atoms with Crippen molar-refractivity contribution in [1.29, 1.82) is 0 Å². The molecule has 0 bridgehead atoms. The number of amides is 1. The molecule has 2 aliphatic rings. The molecule has 0 spiro atoms. The fourth-order valence-electron chi connectivity index (χ4n) is 5.07. The standard InChI is InChI=1S/C25H26F7N3O3/c1-13-18(16-4-5-17(26)19(27)20(16)37-3)21(38-23(13,2)25(30,31)32)22(36)34-14-6-8-33-15(10-14)11-35-9-7-24(28,29)12-35/h4-6,8,10,13,18,21H,7,9,11-12H2,1-3H3,(H,33,34,36)/t13-,18-,21+,23+/m0/s1. The second kappa shape index (κ2) is 9.99. The number of carbonyl (C=O) groups excluding carboxylic acids is 1. The molecule has 4 rings (SSSR count). The van der Waals surface area contributed by atoms with Crippen molar-refractivity contribution in [1.82, 2.24) is 9.88 Å². The predicted octanol–water partition coefficient (Wildman–Crippen LogP) is 5.29. The van der Waals surface area contributed by atoms with E-state index in [1.54, 1.807) is 0 Å². The first kappa shape index (κ1) is 28.1. The van der Waals surface area contributed by atoms with Crippen LogP contribution < -0.4 is 10.1 Å². The van der Waals surface area contributed by atoms with Gasteiger partial charge in [0.15, 0.2) is 17.2 Å². The van der Waals surface area contributed by atoms with E-state index in [2.05, 4.69) is 10.3 Å². The number of likely N-dealkylation sites (tertiary alicyclic amines) is 1. The van der Waals surface area contributed by atoms with Crippen LogP contribution in [0, 0.1) is 17.6 Å². The highest BCUT2D eigenvalue weighted by molar-refractivity contribution is 5.95. The molecule has 0 unspecified atom stereocenters. The average Bonchev–Trinajstić information content (AvgIpc) is 3.31. The number of nitrogens with zero attached hydrogens (tertiary/aromatic N) is 2. The van der Waals surface area contributed by atoms with Crippen LogP contribution in [-0.2, 0) is 16.1 Å². The van der Waals surface area contributed by atoms with Gasteiger partial charge in [0.05, 0.1) is 19.3 Å².